The number of thiophene rings is 1. The summed E-state index contributed by atoms with van der Waals surface area (Å²) < 4.78 is 13.2. The van der Waals surface area contributed by atoms with Crippen molar-refractivity contribution in [1.29, 1.82) is 0 Å². The second-order valence-corrected chi connectivity index (χ2v) is 6.97. The van der Waals surface area contributed by atoms with E-state index in [0.717, 1.165) is 16.8 Å². The molecule has 0 bridgehead atoms. The molecule has 2 heterocycles. The summed E-state index contributed by atoms with van der Waals surface area (Å²) in [5, 5.41) is 5.07. The quantitative estimate of drug-likeness (QED) is 0.672. The van der Waals surface area contributed by atoms with Crippen LogP contribution in [0.4, 0.5) is 10.1 Å². The number of benzene rings is 2. The van der Waals surface area contributed by atoms with Gasteiger partial charge in [-0.2, -0.15) is 0 Å². The van der Waals surface area contributed by atoms with Gasteiger partial charge in [0.1, 0.15) is 5.82 Å². The molecule has 1 aliphatic rings. The molecule has 1 atom stereocenters. The summed E-state index contributed by atoms with van der Waals surface area (Å²) in [5.41, 5.74) is 5.14. The van der Waals surface area contributed by atoms with Crippen LogP contribution < -0.4 is 5.32 Å². The van der Waals surface area contributed by atoms with Gasteiger partial charge in [0, 0.05) is 28.2 Å². The number of aryl methyl sites for hydroxylation is 1. The minimum atomic E-state index is -0.260. The Morgan fingerprint density at radius 1 is 1.12 bits per heavy atom. The molecule has 4 heteroatoms. The SMILES string of the molecule is Cc1ccccc1[C@H]1CC(=O)Nc2c(-c3ccc(F)cc3)csc21. The van der Waals surface area contributed by atoms with Gasteiger partial charge in [-0.1, -0.05) is 36.4 Å². The van der Waals surface area contributed by atoms with Gasteiger partial charge in [0.15, 0.2) is 0 Å². The van der Waals surface area contributed by atoms with E-state index in [0.29, 0.717) is 6.42 Å². The Kier molecular flexibility index (Phi) is 3.69. The second-order valence-electron chi connectivity index (χ2n) is 6.06. The highest BCUT2D eigenvalue weighted by molar-refractivity contribution is 7.11. The van der Waals surface area contributed by atoms with Gasteiger partial charge in [0.2, 0.25) is 5.91 Å². The summed E-state index contributed by atoms with van der Waals surface area (Å²) in [6.07, 6.45) is 0.460. The maximum Gasteiger partial charge on any atom is 0.225 e. The molecule has 1 aliphatic heterocycles. The Labute approximate surface area is 144 Å². The Balaban J connectivity index is 1.83. The zero-order valence-electron chi connectivity index (χ0n) is 13.2. The molecule has 1 amide bonds. The number of anilines is 1. The number of nitrogens with one attached hydrogen (secondary N) is 1. The fraction of sp³-hybridized carbons (Fsp3) is 0.150. The van der Waals surface area contributed by atoms with Crippen LogP contribution in [0.25, 0.3) is 11.1 Å². The first-order chi connectivity index (χ1) is 11.6. The first-order valence-corrected chi connectivity index (χ1v) is 8.74. The second kappa shape index (κ2) is 5.87. The van der Waals surface area contributed by atoms with Gasteiger partial charge in [-0.3, -0.25) is 4.79 Å². The molecule has 120 valence electrons. The molecular weight excluding hydrogens is 321 g/mol. The highest BCUT2D eigenvalue weighted by Gasteiger charge is 2.31. The smallest absolute Gasteiger partial charge is 0.225 e. The van der Waals surface area contributed by atoms with Gasteiger partial charge >= 0.3 is 0 Å². The van der Waals surface area contributed by atoms with Gasteiger partial charge in [-0.25, -0.2) is 4.39 Å². The van der Waals surface area contributed by atoms with Crippen LogP contribution in [0.1, 0.15) is 28.3 Å². The van der Waals surface area contributed by atoms with Crippen molar-refractivity contribution >= 4 is 22.9 Å². The van der Waals surface area contributed by atoms with Crippen molar-refractivity contribution in [2.45, 2.75) is 19.3 Å². The normalized spacial score (nSPS) is 16.6. The Hall–Kier alpha value is -2.46. The molecule has 0 saturated carbocycles. The number of carbonyl (C=O) groups is 1. The number of halogens is 1. The fourth-order valence-corrected chi connectivity index (χ4v) is 4.45. The predicted octanol–water partition coefficient (Wildman–Crippen LogP) is 5.34. The van der Waals surface area contributed by atoms with E-state index in [2.05, 4.69) is 29.8 Å². The van der Waals surface area contributed by atoms with E-state index < -0.39 is 0 Å². The zero-order chi connectivity index (χ0) is 16.7. The molecule has 0 spiro atoms. The van der Waals surface area contributed by atoms with Crippen molar-refractivity contribution in [3.05, 3.63) is 75.7 Å². The summed E-state index contributed by atoms with van der Waals surface area (Å²) in [7, 11) is 0. The van der Waals surface area contributed by atoms with Crippen LogP contribution in [0, 0.1) is 12.7 Å². The number of hydrogen-bond acceptors (Lipinski definition) is 2. The van der Waals surface area contributed by atoms with Crippen LogP contribution >= 0.6 is 11.3 Å². The molecule has 0 unspecified atom stereocenters. The number of fused-ring (bicyclic) bond motifs is 1. The summed E-state index contributed by atoms with van der Waals surface area (Å²) in [6.45, 7) is 2.08. The number of carbonyl (C=O) groups excluding carboxylic acids is 1. The van der Waals surface area contributed by atoms with Gasteiger partial charge < -0.3 is 5.32 Å². The van der Waals surface area contributed by atoms with Crippen LogP contribution in [-0.4, -0.2) is 5.91 Å². The predicted molar refractivity (Wildman–Crippen MR) is 96.0 cm³/mol. The zero-order valence-corrected chi connectivity index (χ0v) is 14.0. The number of rotatable bonds is 2. The van der Waals surface area contributed by atoms with Crippen LogP contribution in [0.5, 0.6) is 0 Å². The largest absolute Gasteiger partial charge is 0.325 e. The molecular formula is C20H16FNOS. The highest BCUT2D eigenvalue weighted by atomic mass is 32.1. The number of amides is 1. The molecule has 1 N–H and O–H groups in total. The van der Waals surface area contributed by atoms with E-state index >= 15 is 0 Å². The van der Waals surface area contributed by atoms with E-state index in [-0.39, 0.29) is 17.6 Å². The third-order valence-corrected chi connectivity index (χ3v) is 5.61. The van der Waals surface area contributed by atoms with Crippen LogP contribution in [-0.2, 0) is 4.79 Å². The lowest BCUT2D eigenvalue weighted by Crippen LogP contribution is -2.22. The first kappa shape index (κ1) is 15.1. The van der Waals surface area contributed by atoms with Crippen LogP contribution in [0.3, 0.4) is 0 Å². The minimum absolute atomic E-state index is 0.0255. The Morgan fingerprint density at radius 3 is 2.62 bits per heavy atom. The molecule has 0 radical (unpaired) electrons. The molecule has 4 rings (SSSR count). The van der Waals surface area contributed by atoms with Crippen molar-refractivity contribution in [2.75, 3.05) is 5.32 Å². The van der Waals surface area contributed by atoms with Crippen molar-refractivity contribution in [3.63, 3.8) is 0 Å². The molecule has 2 nitrogen and oxygen atoms in total. The van der Waals surface area contributed by atoms with E-state index in [1.54, 1.807) is 23.5 Å². The monoisotopic (exact) mass is 337 g/mol. The van der Waals surface area contributed by atoms with Crippen molar-refractivity contribution < 1.29 is 9.18 Å². The average molecular weight is 337 g/mol. The standard InChI is InChI=1S/C20H16FNOS/c1-12-4-2-3-5-15(12)16-10-18(23)22-19-17(11-24-20(16)19)13-6-8-14(21)9-7-13/h2-9,11,16H,10H2,1H3,(H,22,23)/t16-/m1/s1. The van der Waals surface area contributed by atoms with Gasteiger partial charge in [-0.05, 0) is 35.7 Å². The maximum atomic E-state index is 13.2. The van der Waals surface area contributed by atoms with Gasteiger partial charge in [-0.15, -0.1) is 11.3 Å². The molecule has 3 aromatic rings. The molecule has 0 saturated heterocycles. The van der Waals surface area contributed by atoms with Crippen LogP contribution in [0.15, 0.2) is 53.9 Å². The topological polar surface area (TPSA) is 29.1 Å². The van der Waals surface area contributed by atoms with Crippen molar-refractivity contribution in [3.8, 4) is 11.1 Å². The lowest BCUT2D eigenvalue weighted by molar-refractivity contribution is -0.116. The molecule has 2 aromatic carbocycles. The molecule has 0 aliphatic carbocycles. The average Bonchev–Trinajstić information content (AvgIpc) is 2.99. The summed E-state index contributed by atoms with van der Waals surface area (Å²) in [5.74, 6) is -0.156. The van der Waals surface area contributed by atoms with Crippen LogP contribution in [0.2, 0.25) is 0 Å². The van der Waals surface area contributed by atoms with E-state index in [9.17, 15) is 9.18 Å². The Bertz CT molecular complexity index is 914. The molecule has 0 fully saturated rings. The van der Waals surface area contributed by atoms with Crippen molar-refractivity contribution in [2.24, 2.45) is 0 Å². The van der Waals surface area contributed by atoms with E-state index in [4.69, 9.17) is 0 Å². The molecule has 1 aromatic heterocycles. The van der Waals surface area contributed by atoms with Gasteiger partial charge in [0.05, 0.1) is 5.69 Å². The molecule has 24 heavy (non-hydrogen) atoms. The summed E-state index contributed by atoms with van der Waals surface area (Å²) in [6, 6.07) is 14.6. The van der Waals surface area contributed by atoms with E-state index in [1.807, 2.05) is 12.1 Å². The fourth-order valence-electron chi connectivity index (χ4n) is 3.30. The lowest BCUT2D eigenvalue weighted by Gasteiger charge is -2.25. The summed E-state index contributed by atoms with van der Waals surface area (Å²) in [4.78, 5) is 13.5. The van der Waals surface area contributed by atoms with Gasteiger partial charge in [0.25, 0.3) is 0 Å². The maximum absolute atomic E-state index is 13.2. The Morgan fingerprint density at radius 2 is 1.88 bits per heavy atom. The summed E-state index contributed by atoms with van der Waals surface area (Å²) >= 11 is 1.66. The third kappa shape index (κ3) is 2.53. The number of hydrogen-bond donors (Lipinski definition) is 1. The lowest BCUT2D eigenvalue weighted by atomic mass is 9.87. The minimum Gasteiger partial charge on any atom is -0.325 e. The van der Waals surface area contributed by atoms with E-state index in [1.165, 1.54) is 28.1 Å². The highest BCUT2D eigenvalue weighted by Crippen LogP contribution is 2.47. The third-order valence-electron chi connectivity index (χ3n) is 4.51. The first-order valence-electron chi connectivity index (χ1n) is 7.86. The van der Waals surface area contributed by atoms with Crippen molar-refractivity contribution in [1.82, 2.24) is 0 Å².